The first kappa shape index (κ1) is 13.1. The SMILES string of the molecule is CCC(C)(CCCC1CC1C)CC(C)C. The molecule has 1 fully saturated rings. The van der Waals surface area contributed by atoms with Gasteiger partial charge in [-0.25, -0.2) is 0 Å². The van der Waals surface area contributed by atoms with Gasteiger partial charge in [0.05, 0.1) is 0 Å². The lowest BCUT2D eigenvalue weighted by atomic mass is 9.76. The lowest BCUT2D eigenvalue weighted by Gasteiger charge is -2.30. The van der Waals surface area contributed by atoms with E-state index in [0.29, 0.717) is 5.41 Å². The fraction of sp³-hybridized carbons (Fsp3) is 1.00. The first-order chi connectivity index (χ1) is 6.97. The molecule has 0 aliphatic heterocycles. The summed E-state index contributed by atoms with van der Waals surface area (Å²) >= 11 is 0. The maximum atomic E-state index is 2.49. The Labute approximate surface area is 96.8 Å². The summed E-state index contributed by atoms with van der Waals surface area (Å²) in [6.07, 6.45) is 8.67. The van der Waals surface area contributed by atoms with Crippen molar-refractivity contribution < 1.29 is 0 Å². The zero-order valence-electron chi connectivity index (χ0n) is 11.5. The molecule has 0 heterocycles. The number of hydrogen-bond donors (Lipinski definition) is 0. The monoisotopic (exact) mass is 210 g/mol. The molecule has 0 spiro atoms. The molecule has 0 radical (unpaired) electrons. The van der Waals surface area contributed by atoms with Crippen molar-refractivity contribution in [1.29, 1.82) is 0 Å². The van der Waals surface area contributed by atoms with Crippen molar-refractivity contribution >= 4 is 0 Å². The van der Waals surface area contributed by atoms with E-state index in [1.807, 2.05) is 0 Å². The maximum Gasteiger partial charge on any atom is -0.0326 e. The third kappa shape index (κ3) is 4.57. The summed E-state index contributed by atoms with van der Waals surface area (Å²) in [5.74, 6) is 2.99. The number of hydrogen-bond acceptors (Lipinski definition) is 0. The van der Waals surface area contributed by atoms with Gasteiger partial charge in [0.15, 0.2) is 0 Å². The molecule has 0 aromatic heterocycles. The van der Waals surface area contributed by atoms with Crippen molar-refractivity contribution in [3.8, 4) is 0 Å². The van der Waals surface area contributed by atoms with Gasteiger partial charge >= 0.3 is 0 Å². The first-order valence-electron chi connectivity index (χ1n) is 6.97. The van der Waals surface area contributed by atoms with Gasteiger partial charge in [0.2, 0.25) is 0 Å². The molecule has 0 N–H and O–H groups in total. The Morgan fingerprint density at radius 3 is 2.33 bits per heavy atom. The van der Waals surface area contributed by atoms with Crippen LogP contribution in [0.4, 0.5) is 0 Å². The summed E-state index contributed by atoms with van der Waals surface area (Å²) in [5.41, 5.74) is 0.617. The Bertz CT molecular complexity index is 182. The molecule has 0 saturated heterocycles. The van der Waals surface area contributed by atoms with Gasteiger partial charge in [0.1, 0.15) is 0 Å². The summed E-state index contributed by atoms with van der Waals surface area (Å²) < 4.78 is 0. The summed E-state index contributed by atoms with van der Waals surface area (Å²) in [4.78, 5) is 0. The van der Waals surface area contributed by atoms with Crippen molar-refractivity contribution in [2.75, 3.05) is 0 Å². The molecule has 0 aromatic rings. The van der Waals surface area contributed by atoms with Gasteiger partial charge in [0, 0.05) is 0 Å². The minimum atomic E-state index is 0.617. The van der Waals surface area contributed by atoms with E-state index in [-0.39, 0.29) is 0 Å². The van der Waals surface area contributed by atoms with Crippen molar-refractivity contribution in [3.05, 3.63) is 0 Å². The van der Waals surface area contributed by atoms with Crippen LogP contribution in [-0.2, 0) is 0 Å². The highest BCUT2D eigenvalue weighted by atomic mass is 14.4. The van der Waals surface area contributed by atoms with Crippen LogP contribution in [0, 0.1) is 23.2 Å². The number of rotatable bonds is 7. The minimum Gasteiger partial charge on any atom is -0.0649 e. The Kier molecular flexibility index (Phi) is 4.67. The van der Waals surface area contributed by atoms with E-state index in [1.54, 1.807) is 0 Å². The second kappa shape index (κ2) is 5.37. The van der Waals surface area contributed by atoms with Crippen molar-refractivity contribution in [1.82, 2.24) is 0 Å². The molecule has 1 aliphatic rings. The highest BCUT2D eigenvalue weighted by molar-refractivity contribution is 4.83. The van der Waals surface area contributed by atoms with Gasteiger partial charge in [-0.2, -0.15) is 0 Å². The van der Waals surface area contributed by atoms with Gasteiger partial charge in [-0.05, 0) is 42.4 Å². The highest BCUT2D eigenvalue weighted by Gasteiger charge is 2.32. The van der Waals surface area contributed by atoms with Crippen LogP contribution in [0.5, 0.6) is 0 Å². The zero-order valence-corrected chi connectivity index (χ0v) is 11.5. The molecule has 0 heteroatoms. The van der Waals surface area contributed by atoms with Gasteiger partial charge < -0.3 is 0 Å². The molecule has 0 bridgehead atoms. The Morgan fingerprint density at radius 1 is 1.33 bits per heavy atom. The van der Waals surface area contributed by atoms with Crippen LogP contribution in [-0.4, -0.2) is 0 Å². The lowest BCUT2D eigenvalue weighted by molar-refractivity contribution is 0.217. The van der Waals surface area contributed by atoms with Crippen molar-refractivity contribution in [2.24, 2.45) is 23.2 Å². The molecule has 0 aromatic carbocycles. The Hall–Kier alpha value is 0. The van der Waals surface area contributed by atoms with Crippen LogP contribution in [0.1, 0.15) is 73.1 Å². The molecule has 1 aliphatic carbocycles. The summed E-state index contributed by atoms with van der Waals surface area (Å²) in [5, 5.41) is 0. The van der Waals surface area contributed by atoms with Crippen LogP contribution in [0.3, 0.4) is 0 Å². The van der Waals surface area contributed by atoms with Crippen LogP contribution >= 0.6 is 0 Å². The van der Waals surface area contributed by atoms with E-state index in [1.165, 1.54) is 38.5 Å². The molecular weight excluding hydrogens is 180 g/mol. The van der Waals surface area contributed by atoms with Crippen molar-refractivity contribution in [3.63, 3.8) is 0 Å². The second-order valence-corrected chi connectivity index (χ2v) is 6.63. The van der Waals surface area contributed by atoms with E-state index in [0.717, 1.165) is 17.8 Å². The highest BCUT2D eigenvalue weighted by Crippen LogP contribution is 2.43. The average Bonchev–Trinajstić information content (AvgIpc) is 2.81. The van der Waals surface area contributed by atoms with Gasteiger partial charge in [0.25, 0.3) is 0 Å². The van der Waals surface area contributed by atoms with E-state index < -0.39 is 0 Å². The molecule has 0 nitrogen and oxygen atoms in total. The zero-order chi connectivity index (χ0) is 11.5. The van der Waals surface area contributed by atoms with Crippen LogP contribution < -0.4 is 0 Å². The quantitative estimate of drug-likeness (QED) is 0.536. The van der Waals surface area contributed by atoms with Gasteiger partial charge in [-0.15, -0.1) is 0 Å². The van der Waals surface area contributed by atoms with Crippen LogP contribution in [0.15, 0.2) is 0 Å². The first-order valence-corrected chi connectivity index (χ1v) is 6.97. The molecular formula is C15H30. The van der Waals surface area contributed by atoms with E-state index in [4.69, 9.17) is 0 Å². The van der Waals surface area contributed by atoms with E-state index in [9.17, 15) is 0 Å². The molecule has 3 unspecified atom stereocenters. The smallest absolute Gasteiger partial charge is 0.0326 e. The molecule has 15 heavy (non-hydrogen) atoms. The summed E-state index contributed by atoms with van der Waals surface area (Å²) in [7, 11) is 0. The normalized spacial score (nSPS) is 29.2. The molecule has 1 saturated carbocycles. The topological polar surface area (TPSA) is 0 Å². The van der Waals surface area contributed by atoms with Crippen molar-refractivity contribution in [2.45, 2.75) is 73.1 Å². The fourth-order valence-corrected chi connectivity index (χ4v) is 3.00. The summed E-state index contributed by atoms with van der Waals surface area (Å²) in [6.45, 7) is 12.0. The minimum absolute atomic E-state index is 0.617. The van der Waals surface area contributed by atoms with Crippen LogP contribution in [0.2, 0.25) is 0 Å². The predicted octanol–water partition coefficient (Wildman–Crippen LogP) is 5.28. The Balaban J connectivity index is 2.19. The van der Waals surface area contributed by atoms with E-state index in [2.05, 4.69) is 34.6 Å². The molecule has 1 rings (SSSR count). The Morgan fingerprint density at radius 2 is 1.93 bits per heavy atom. The third-order valence-corrected chi connectivity index (χ3v) is 4.39. The standard InChI is InChI=1S/C15H30/c1-6-15(5,11-12(2)3)9-7-8-14-10-13(14)4/h12-14H,6-11H2,1-5H3. The van der Waals surface area contributed by atoms with Gasteiger partial charge in [-0.3, -0.25) is 0 Å². The lowest BCUT2D eigenvalue weighted by Crippen LogP contribution is -2.18. The predicted molar refractivity (Wildman–Crippen MR) is 69.0 cm³/mol. The molecule has 0 amide bonds. The van der Waals surface area contributed by atoms with Crippen LogP contribution in [0.25, 0.3) is 0 Å². The van der Waals surface area contributed by atoms with E-state index >= 15 is 0 Å². The maximum absolute atomic E-state index is 2.49. The molecule has 3 atom stereocenters. The largest absolute Gasteiger partial charge is 0.0649 e. The second-order valence-electron chi connectivity index (χ2n) is 6.63. The third-order valence-electron chi connectivity index (χ3n) is 4.39. The summed E-state index contributed by atoms with van der Waals surface area (Å²) in [6, 6.07) is 0. The fourth-order valence-electron chi connectivity index (χ4n) is 3.00. The average molecular weight is 210 g/mol. The molecule has 90 valence electrons. The van der Waals surface area contributed by atoms with Gasteiger partial charge in [-0.1, -0.05) is 53.9 Å².